The van der Waals surface area contributed by atoms with Crippen molar-refractivity contribution in [2.45, 2.75) is 58.5 Å². The van der Waals surface area contributed by atoms with Crippen LogP contribution < -0.4 is 10.6 Å². The van der Waals surface area contributed by atoms with Crippen LogP contribution in [0.1, 0.15) is 56.0 Å². The van der Waals surface area contributed by atoms with Crippen LogP contribution in [0.3, 0.4) is 0 Å². The number of amides is 2. The van der Waals surface area contributed by atoms with Crippen molar-refractivity contribution in [3.63, 3.8) is 0 Å². The molecule has 9 heteroatoms. The minimum absolute atomic E-state index is 0.0468. The molecule has 1 aliphatic rings. The van der Waals surface area contributed by atoms with E-state index in [1.165, 1.54) is 4.68 Å². The Labute approximate surface area is 180 Å². The lowest BCUT2D eigenvalue weighted by atomic mass is 9.85. The fraction of sp³-hybridized carbons (Fsp3) is 0.500. The van der Waals surface area contributed by atoms with Crippen LogP contribution in [0.4, 0.5) is 0 Å². The highest BCUT2D eigenvalue weighted by Gasteiger charge is 2.29. The predicted octanol–water partition coefficient (Wildman–Crippen LogP) is 3.70. The fourth-order valence-corrected chi connectivity index (χ4v) is 4.16. The molecular weight excluding hydrogens is 413 g/mol. The summed E-state index contributed by atoms with van der Waals surface area (Å²) >= 11 is 12.5. The number of rotatable bonds is 5. The molecular formula is C20H25Cl2N5O2. The summed E-state index contributed by atoms with van der Waals surface area (Å²) in [4.78, 5) is 29.3. The molecule has 2 unspecified atom stereocenters. The minimum atomic E-state index is -0.370. The zero-order valence-electron chi connectivity index (χ0n) is 16.7. The molecule has 29 heavy (non-hydrogen) atoms. The van der Waals surface area contributed by atoms with Crippen molar-refractivity contribution in [2.24, 2.45) is 5.92 Å². The maximum atomic E-state index is 12.7. The van der Waals surface area contributed by atoms with Gasteiger partial charge >= 0.3 is 0 Å². The van der Waals surface area contributed by atoms with Crippen molar-refractivity contribution in [3.05, 3.63) is 39.9 Å². The van der Waals surface area contributed by atoms with E-state index in [-0.39, 0.29) is 35.6 Å². The van der Waals surface area contributed by atoms with Gasteiger partial charge in [-0.15, -0.1) is 5.10 Å². The molecule has 3 rings (SSSR count). The Morgan fingerprint density at radius 3 is 2.55 bits per heavy atom. The van der Waals surface area contributed by atoms with Crippen LogP contribution in [-0.4, -0.2) is 38.7 Å². The molecule has 0 spiro atoms. The molecule has 1 saturated carbocycles. The molecule has 2 atom stereocenters. The second kappa shape index (κ2) is 9.13. The van der Waals surface area contributed by atoms with Gasteiger partial charge in [0.05, 0.1) is 10.0 Å². The Kier molecular flexibility index (Phi) is 6.80. The van der Waals surface area contributed by atoms with E-state index in [0.29, 0.717) is 28.0 Å². The molecule has 2 aromatic rings. The van der Waals surface area contributed by atoms with Crippen LogP contribution in [0.25, 0.3) is 5.69 Å². The van der Waals surface area contributed by atoms with Crippen LogP contribution in [0.5, 0.6) is 0 Å². The average Bonchev–Trinajstić information content (AvgIpc) is 3.03. The third-order valence-corrected chi connectivity index (χ3v) is 5.54. The number of para-hydroxylation sites is 1. The van der Waals surface area contributed by atoms with E-state index in [9.17, 15) is 9.59 Å². The van der Waals surface area contributed by atoms with Crippen molar-refractivity contribution in [1.29, 1.82) is 0 Å². The maximum absolute atomic E-state index is 12.7. The van der Waals surface area contributed by atoms with Gasteiger partial charge in [-0.1, -0.05) is 35.7 Å². The summed E-state index contributed by atoms with van der Waals surface area (Å²) in [6.45, 7) is 5.61. The van der Waals surface area contributed by atoms with Gasteiger partial charge in [0.25, 0.3) is 5.91 Å². The molecule has 2 amide bonds. The highest BCUT2D eigenvalue weighted by molar-refractivity contribution is 6.37. The fourth-order valence-electron chi connectivity index (χ4n) is 3.60. The molecule has 1 aliphatic carbocycles. The number of hydrogen-bond donors (Lipinski definition) is 2. The van der Waals surface area contributed by atoms with Gasteiger partial charge in [-0.3, -0.25) is 9.59 Å². The third-order valence-electron chi connectivity index (χ3n) is 4.93. The first kappa shape index (κ1) is 21.6. The summed E-state index contributed by atoms with van der Waals surface area (Å²) in [5, 5.41) is 11.1. The smallest absolute Gasteiger partial charge is 0.291 e. The summed E-state index contributed by atoms with van der Waals surface area (Å²) < 4.78 is 1.47. The van der Waals surface area contributed by atoms with Crippen molar-refractivity contribution >= 4 is 35.0 Å². The lowest BCUT2D eigenvalue weighted by molar-refractivity contribution is -0.126. The zero-order valence-corrected chi connectivity index (χ0v) is 18.2. The van der Waals surface area contributed by atoms with Crippen LogP contribution in [0.15, 0.2) is 18.2 Å². The van der Waals surface area contributed by atoms with E-state index in [4.69, 9.17) is 23.2 Å². The van der Waals surface area contributed by atoms with Crippen LogP contribution in [0.2, 0.25) is 10.0 Å². The predicted molar refractivity (Wildman–Crippen MR) is 113 cm³/mol. The Morgan fingerprint density at radius 1 is 1.21 bits per heavy atom. The van der Waals surface area contributed by atoms with E-state index in [1.807, 2.05) is 13.8 Å². The standard InChI is InChI=1S/C20H25Cl2N5O2/c1-11(2)23-19(28)13-6-4-7-14(10-13)25-20(29)18-24-12(3)27(26-18)17-15(21)8-5-9-16(17)22/h5,8-9,11,13-14H,4,6-7,10H2,1-3H3,(H,23,28)(H,25,29). The van der Waals surface area contributed by atoms with Gasteiger partial charge in [-0.25, -0.2) is 9.67 Å². The largest absolute Gasteiger partial charge is 0.354 e. The summed E-state index contributed by atoms with van der Waals surface area (Å²) in [6.07, 6.45) is 3.16. The normalized spacial score (nSPS) is 19.2. The number of aryl methyl sites for hydroxylation is 1. The molecule has 2 N–H and O–H groups in total. The van der Waals surface area contributed by atoms with E-state index < -0.39 is 0 Å². The Bertz CT molecular complexity index is 892. The molecule has 1 aromatic carbocycles. The first-order valence-electron chi connectivity index (χ1n) is 9.75. The zero-order chi connectivity index (χ0) is 21.1. The average molecular weight is 438 g/mol. The van der Waals surface area contributed by atoms with Crippen molar-refractivity contribution in [1.82, 2.24) is 25.4 Å². The lowest BCUT2D eigenvalue weighted by Gasteiger charge is -2.29. The summed E-state index contributed by atoms with van der Waals surface area (Å²) in [5.41, 5.74) is 0.489. The Morgan fingerprint density at radius 2 is 1.90 bits per heavy atom. The number of carbonyl (C=O) groups excluding carboxylic acids is 2. The van der Waals surface area contributed by atoms with Crippen LogP contribution in [-0.2, 0) is 4.79 Å². The first-order chi connectivity index (χ1) is 13.8. The number of carbonyl (C=O) groups is 2. The second-order valence-corrected chi connectivity index (χ2v) is 8.48. The van der Waals surface area contributed by atoms with Crippen LogP contribution >= 0.6 is 23.2 Å². The summed E-state index contributed by atoms with van der Waals surface area (Å²) in [7, 11) is 0. The molecule has 7 nitrogen and oxygen atoms in total. The third kappa shape index (κ3) is 5.08. The van der Waals surface area contributed by atoms with Crippen molar-refractivity contribution in [2.75, 3.05) is 0 Å². The molecule has 1 aromatic heterocycles. The number of hydrogen-bond acceptors (Lipinski definition) is 4. The Hall–Kier alpha value is -2.12. The van der Waals surface area contributed by atoms with Gasteiger partial charge in [0.15, 0.2) is 0 Å². The SMILES string of the molecule is Cc1nc(C(=O)NC2CCCC(C(=O)NC(C)C)C2)nn1-c1c(Cl)cccc1Cl. The molecule has 1 heterocycles. The van der Waals surface area contributed by atoms with Gasteiger partial charge in [-0.05, 0) is 52.2 Å². The highest BCUT2D eigenvalue weighted by Crippen LogP contribution is 2.29. The number of halogens is 2. The quantitative estimate of drug-likeness (QED) is 0.745. The topological polar surface area (TPSA) is 88.9 Å². The molecule has 0 saturated heterocycles. The lowest BCUT2D eigenvalue weighted by Crippen LogP contribution is -2.44. The summed E-state index contributed by atoms with van der Waals surface area (Å²) in [5.74, 6) is 0.136. The van der Waals surface area contributed by atoms with E-state index in [1.54, 1.807) is 25.1 Å². The van der Waals surface area contributed by atoms with Gasteiger partial charge in [0.2, 0.25) is 11.7 Å². The number of nitrogens with one attached hydrogen (secondary N) is 2. The van der Waals surface area contributed by atoms with Gasteiger partial charge in [-0.2, -0.15) is 0 Å². The van der Waals surface area contributed by atoms with E-state index in [0.717, 1.165) is 19.3 Å². The first-order valence-corrected chi connectivity index (χ1v) is 10.5. The van der Waals surface area contributed by atoms with Gasteiger partial charge in [0.1, 0.15) is 11.5 Å². The molecule has 0 bridgehead atoms. The Balaban J connectivity index is 1.71. The minimum Gasteiger partial charge on any atom is -0.354 e. The monoisotopic (exact) mass is 437 g/mol. The summed E-state index contributed by atoms with van der Waals surface area (Å²) in [6, 6.07) is 5.16. The number of benzene rings is 1. The van der Waals surface area contributed by atoms with Crippen LogP contribution in [0, 0.1) is 12.8 Å². The van der Waals surface area contributed by atoms with Gasteiger partial charge in [0, 0.05) is 18.0 Å². The number of nitrogens with zero attached hydrogens (tertiary/aromatic N) is 3. The molecule has 1 fully saturated rings. The van der Waals surface area contributed by atoms with Gasteiger partial charge < -0.3 is 10.6 Å². The maximum Gasteiger partial charge on any atom is 0.291 e. The molecule has 0 radical (unpaired) electrons. The molecule has 156 valence electrons. The number of aromatic nitrogens is 3. The van der Waals surface area contributed by atoms with Crippen molar-refractivity contribution in [3.8, 4) is 5.69 Å². The van der Waals surface area contributed by atoms with Crippen molar-refractivity contribution < 1.29 is 9.59 Å². The highest BCUT2D eigenvalue weighted by atomic mass is 35.5. The van der Waals surface area contributed by atoms with E-state index >= 15 is 0 Å². The van der Waals surface area contributed by atoms with E-state index in [2.05, 4.69) is 20.7 Å². The molecule has 0 aliphatic heterocycles. The second-order valence-electron chi connectivity index (χ2n) is 7.66.